The average Bonchev–Trinajstić information content (AvgIpc) is 3.66. The molecule has 3 aromatic carbocycles. The molecule has 2 aliphatic heterocycles. The summed E-state index contributed by atoms with van der Waals surface area (Å²) in [6.07, 6.45) is -6.41. The van der Waals surface area contributed by atoms with Crippen molar-refractivity contribution in [3.05, 3.63) is 113 Å². The molecule has 1 fully saturated rings. The minimum absolute atomic E-state index is 0.0150. The van der Waals surface area contributed by atoms with E-state index in [0.29, 0.717) is 11.8 Å². The number of para-hydroxylation sites is 1. The van der Waals surface area contributed by atoms with Gasteiger partial charge in [0.25, 0.3) is 17.7 Å². The Kier molecular flexibility index (Phi) is 8.46. The number of likely N-dealkylation sites (N-methyl/N-ethyl adjacent to an activating group) is 1. The molecular weight excluding hydrogens is 635 g/mol. The van der Waals surface area contributed by atoms with Gasteiger partial charge in [0, 0.05) is 30.0 Å². The molecule has 246 valence electrons. The van der Waals surface area contributed by atoms with Crippen LogP contribution in [0.25, 0.3) is 5.69 Å². The number of nitrogens with zero attached hydrogens (tertiary/aromatic N) is 5. The lowest BCUT2D eigenvalue weighted by Gasteiger charge is -2.38. The number of benzene rings is 3. The van der Waals surface area contributed by atoms with Crippen LogP contribution in [-0.4, -0.2) is 63.7 Å². The Hall–Kier alpha value is -5.58. The van der Waals surface area contributed by atoms with Gasteiger partial charge in [-0.15, -0.1) is 0 Å². The molecule has 3 amide bonds. The first kappa shape index (κ1) is 32.4. The molecule has 0 bridgehead atoms. The largest absolute Gasteiger partial charge is 0.416 e. The first-order valence-corrected chi connectivity index (χ1v) is 15.0. The van der Waals surface area contributed by atoms with Crippen molar-refractivity contribution in [3.8, 4) is 11.8 Å². The Labute approximate surface area is 271 Å². The van der Waals surface area contributed by atoms with Crippen molar-refractivity contribution >= 4 is 23.5 Å². The van der Waals surface area contributed by atoms with Crippen molar-refractivity contribution in [2.24, 2.45) is 0 Å². The predicted molar refractivity (Wildman–Crippen MR) is 162 cm³/mol. The molecular formula is C34H27F5N6O3. The smallest absolute Gasteiger partial charge is 0.339 e. The number of nitriles is 1. The standard InChI is InChI=1S/C34H27F5N6O3/c1-2-43-31-27(29(42-45(31)24-9-4-3-5-10-24)33(48)44-18-23(36)16-25(44)17-40)26(19-11-13-22(35)14-12-19)28(32(43)47)41-30(46)20-7-6-8-21(15-20)34(37,38)39/h3-15,23,25-26,28H,2,16,18H2,1H3,(H,41,46)/t23-,25-,26-,28-/m1/s1. The van der Waals surface area contributed by atoms with E-state index in [4.69, 9.17) is 0 Å². The van der Waals surface area contributed by atoms with Gasteiger partial charge in [-0.3, -0.25) is 19.3 Å². The maximum Gasteiger partial charge on any atom is 0.416 e. The number of hydrogen-bond donors (Lipinski definition) is 1. The van der Waals surface area contributed by atoms with E-state index >= 15 is 0 Å². The molecule has 0 radical (unpaired) electrons. The summed E-state index contributed by atoms with van der Waals surface area (Å²) in [4.78, 5) is 44.5. The van der Waals surface area contributed by atoms with Crippen LogP contribution in [0.4, 0.5) is 27.8 Å². The molecule has 1 aromatic heterocycles. The Balaban J connectivity index is 1.57. The lowest BCUT2D eigenvalue weighted by molar-refractivity contribution is -0.137. The van der Waals surface area contributed by atoms with Crippen molar-refractivity contribution in [2.75, 3.05) is 18.0 Å². The monoisotopic (exact) mass is 662 g/mol. The zero-order valence-corrected chi connectivity index (χ0v) is 25.3. The number of anilines is 1. The molecule has 1 N–H and O–H groups in total. The SMILES string of the molecule is CCN1C(=O)[C@H](NC(=O)c2cccc(C(F)(F)F)c2)[C@H](c2ccc(F)cc2)c2c(C(=O)N3C[C@H](F)C[C@@H]3C#N)nn(-c3ccccc3)c21. The van der Waals surface area contributed by atoms with Gasteiger partial charge in [-0.25, -0.2) is 13.5 Å². The molecule has 0 unspecified atom stereocenters. The lowest BCUT2D eigenvalue weighted by atomic mass is 9.80. The zero-order chi connectivity index (χ0) is 34.3. The molecule has 2 aliphatic rings. The van der Waals surface area contributed by atoms with E-state index in [1.165, 1.54) is 27.8 Å². The number of carbonyl (C=O) groups is 3. The molecule has 4 aromatic rings. The highest BCUT2D eigenvalue weighted by atomic mass is 19.4. The van der Waals surface area contributed by atoms with E-state index in [2.05, 4.69) is 10.4 Å². The fraction of sp³-hybridized carbons (Fsp3) is 0.265. The fourth-order valence-corrected chi connectivity index (χ4v) is 6.26. The minimum atomic E-state index is -4.74. The van der Waals surface area contributed by atoms with Crippen LogP contribution >= 0.6 is 0 Å². The molecule has 3 heterocycles. The number of carbonyl (C=O) groups excluding carboxylic acids is 3. The number of likely N-dealkylation sites (tertiary alicyclic amines) is 1. The van der Waals surface area contributed by atoms with Gasteiger partial charge in [0.1, 0.15) is 29.9 Å². The van der Waals surface area contributed by atoms with Gasteiger partial charge in [0.2, 0.25) is 0 Å². The van der Waals surface area contributed by atoms with E-state index < -0.39 is 59.5 Å². The molecule has 48 heavy (non-hydrogen) atoms. The van der Waals surface area contributed by atoms with E-state index in [1.54, 1.807) is 37.3 Å². The summed E-state index contributed by atoms with van der Waals surface area (Å²) in [6, 6.07) is 16.5. The summed E-state index contributed by atoms with van der Waals surface area (Å²) >= 11 is 0. The highest BCUT2D eigenvalue weighted by molar-refractivity contribution is 6.07. The lowest BCUT2D eigenvalue weighted by Crippen LogP contribution is -2.55. The van der Waals surface area contributed by atoms with Gasteiger partial charge < -0.3 is 10.2 Å². The third-order valence-electron chi connectivity index (χ3n) is 8.48. The topological polar surface area (TPSA) is 111 Å². The Morgan fingerprint density at radius 3 is 2.40 bits per heavy atom. The van der Waals surface area contributed by atoms with Crippen LogP contribution in [0.5, 0.6) is 0 Å². The summed E-state index contributed by atoms with van der Waals surface area (Å²) in [5.41, 5.74) is -0.821. The van der Waals surface area contributed by atoms with E-state index in [-0.39, 0.29) is 47.7 Å². The number of aromatic nitrogens is 2. The molecule has 0 spiro atoms. The third kappa shape index (κ3) is 5.76. The number of rotatable bonds is 6. The molecule has 4 atom stereocenters. The van der Waals surface area contributed by atoms with Crippen molar-refractivity contribution in [1.82, 2.24) is 20.0 Å². The summed E-state index contributed by atoms with van der Waals surface area (Å²) in [7, 11) is 0. The first-order chi connectivity index (χ1) is 22.9. The van der Waals surface area contributed by atoms with Gasteiger partial charge >= 0.3 is 6.18 Å². The van der Waals surface area contributed by atoms with Crippen LogP contribution in [0.15, 0.2) is 78.9 Å². The van der Waals surface area contributed by atoms with Crippen LogP contribution in [0, 0.1) is 17.1 Å². The van der Waals surface area contributed by atoms with Crippen molar-refractivity contribution < 1.29 is 36.3 Å². The average molecular weight is 663 g/mol. The fourth-order valence-electron chi connectivity index (χ4n) is 6.26. The first-order valence-electron chi connectivity index (χ1n) is 15.0. The second-order valence-electron chi connectivity index (χ2n) is 11.4. The van der Waals surface area contributed by atoms with Gasteiger partial charge in [-0.05, 0) is 55.0 Å². The molecule has 6 rings (SSSR count). The number of fused-ring (bicyclic) bond motifs is 1. The van der Waals surface area contributed by atoms with Crippen LogP contribution < -0.4 is 10.2 Å². The van der Waals surface area contributed by atoms with Gasteiger partial charge in [0.15, 0.2) is 5.69 Å². The molecule has 14 heteroatoms. The highest BCUT2D eigenvalue weighted by Crippen LogP contribution is 2.44. The molecule has 9 nitrogen and oxygen atoms in total. The molecule has 0 aliphatic carbocycles. The van der Waals surface area contributed by atoms with Crippen LogP contribution in [0.1, 0.15) is 56.8 Å². The van der Waals surface area contributed by atoms with Crippen LogP contribution in [0.2, 0.25) is 0 Å². The van der Waals surface area contributed by atoms with Crippen molar-refractivity contribution in [3.63, 3.8) is 0 Å². The summed E-state index contributed by atoms with van der Waals surface area (Å²) in [5, 5.41) is 16.9. The van der Waals surface area contributed by atoms with E-state index in [0.717, 1.165) is 29.2 Å². The highest BCUT2D eigenvalue weighted by Gasteiger charge is 2.49. The number of amides is 3. The Morgan fingerprint density at radius 1 is 1.04 bits per heavy atom. The maximum atomic E-state index is 14.5. The quantitative estimate of drug-likeness (QED) is 0.278. The van der Waals surface area contributed by atoms with E-state index in [9.17, 15) is 41.6 Å². The van der Waals surface area contributed by atoms with Gasteiger partial charge in [-0.1, -0.05) is 36.4 Å². The summed E-state index contributed by atoms with van der Waals surface area (Å²) < 4.78 is 70.5. The predicted octanol–water partition coefficient (Wildman–Crippen LogP) is 5.40. The van der Waals surface area contributed by atoms with Crippen LogP contribution in [-0.2, 0) is 11.0 Å². The maximum absolute atomic E-state index is 14.5. The second-order valence-corrected chi connectivity index (χ2v) is 11.4. The number of alkyl halides is 4. The third-order valence-corrected chi connectivity index (χ3v) is 8.48. The van der Waals surface area contributed by atoms with E-state index in [1.807, 2.05) is 6.07 Å². The molecule has 1 saturated heterocycles. The van der Waals surface area contributed by atoms with Crippen molar-refractivity contribution in [2.45, 2.75) is 43.7 Å². The van der Waals surface area contributed by atoms with Crippen LogP contribution in [0.3, 0.4) is 0 Å². The number of hydrogen-bond acceptors (Lipinski definition) is 5. The Bertz CT molecular complexity index is 1920. The number of nitrogens with one attached hydrogen (secondary N) is 1. The zero-order valence-electron chi connectivity index (χ0n) is 25.3. The number of halogens is 5. The normalized spacial score (nSPS) is 20.7. The molecule has 0 saturated carbocycles. The van der Waals surface area contributed by atoms with Gasteiger partial charge in [-0.2, -0.15) is 23.5 Å². The Morgan fingerprint density at radius 2 is 1.75 bits per heavy atom. The second kappa shape index (κ2) is 12.6. The van der Waals surface area contributed by atoms with Crippen molar-refractivity contribution in [1.29, 1.82) is 5.26 Å². The minimum Gasteiger partial charge on any atom is -0.339 e. The summed E-state index contributed by atoms with van der Waals surface area (Å²) in [6.45, 7) is 1.29. The summed E-state index contributed by atoms with van der Waals surface area (Å²) in [5.74, 6) is -4.14. The van der Waals surface area contributed by atoms with Gasteiger partial charge in [0.05, 0.1) is 23.9 Å².